The fraction of sp³-hybridized carbons (Fsp3) is 0.692. The zero-order chi connectivity index (χ0) is 12.3. The molecule has 2 rings (SSSR count). The van der Waals surface area contributed by atoms with Crippen molar-refractivity contribution in [3.05, 3.63) is 11.9 Å². The summed E-state index contributed by atoms with van der Waals surface area (Å²) in [5, 5.41) is 0. The lowest BCUT2D eigenvalue weighted by molar-refractivity contribution is 0.826. The third kappa shape index (κ3) is 2.68. The minimum Gasteiger partial charge on any atom is -0.357 e. The van der Waals surface area contributed by atoms with Gasteiger partial charge in [-0.3, -0.25) is 0 Å². The molecule has 0 aromatic carbocycles. The molecule has 17 heavy (non-hydrogen) atoms. The summed E-state index contributed by atoms with van der Waals surface area (Å²) in [6.45, 7) is 10.6. The molecule has 0 N–H and O–H groups in total. The normalized spacial score (nSPS) is 15.4. The fourth-order valence-corrected chi connectivity index (χ4v) is 2.35. The van der Waals surface area contributed by atoms with Gasteiger partial charge >= 0.3 is 0 Å². The molecule has 1 aliphatic rings. The molecule has 4 nitrogen and oxygen atoms in total. The van der Waals surface area contributed by atoms with Crippen molar-refractivity contribution in [1.29, 1.82) is 0 Å². The van der Waals surface area contributed by atoms with Crippen LogP contribution in [0.1, 0.15) is 32.5 Å². The van der Waals surface area contributed by atoms with E-state index < -0.39 is 0 Å². The molecular formula is C13H22N4. The van der Waals surface area contributed by atoms with Crippen LogP contribution < -0.4 is 9.80 Å². The molecule has 94 valence electrons. The van der Waals surface area contributed by atoms with E-state index in [2.05, 4.69) is 39.7 Å². The van der Waals surface area contributed by atoms with Crippen molar-refractivity contribution in [2.75, 3.05) is 36.0 Å². The Labute approximate surface area is 104 Å². The molecule has 2 heterocycles. The van der Waals surface area contributed by atoms with Crippen molar-refractivity contribution in [2.45, 2.75) is 33.6 Å². The van der Waals surface area contributed by atoms with Crippen LogP contribution in [0.5, 0.6) is 0 Å². The molecule has 0 spiro atoms. The lowest BCUT2D eigenvalue weighted by atomic mass is 10.4. The Balaban J connectivity index is 2.27. The summed E-state index contributed by atoms with van der Waals surface area (Å²) < 4.78 is 0. The van der Waals surface area contributed by atoms with Crippen molar-refractivity contribution in [2.24, 2.45) is 0 Å². The van der Waals surface area contributed by atoms with Crippen LogP contribution in [0, 0.1) is 6.92 Å². The number of rotatable bonds is 4. The summed E-state index contributed by atoms with van der Waals surface area (Å²) in [6, 6.07) is 2.13. The lowest BCUT2D eigenvalue weighted by Crippen LogP contribution is -2.25. The van der Waals surface area contributed by atoms with E-state index in [0.29, 0.717) is 0 Å². The van der Waals surface area contributed by atoms with Crippen LogP contribution in [-0.4, -0.2) is 36.1 Å². The first kappa shape index (κ1) is 12.1. The van der Waals surface area contributed by atoms with E-state index in [9.17, 15) is 0 Å². The Morgan fingerprint density at radius 3 is 2.41 bits per heavy atom. The molecule has 0 saturated carbocycles. The van der Waals surface area contributed by atoms with Crippen LogP contribution in [0.4, 0.5) is 11.6 Å². The SMILES string of the molecule is CCN(CC)c1cc(N2CCCC2)nc(C)n1. The molecular weight excluding hydrogens is 212 g/mol. The van der Waals surface area contributed by atoms with Crippen LogP contribution in [0.25, 0.3) is 0 Å². The maximum Gasteiger partial charge on any atom is 0.134 e. The highest BCUT2D eigenvalue weighted by Gasteiger charge is 2.16. The largest absolute Gasteiger partial charge is 0.357 e. The molecule has 0 aliphatic carbocycles. The maximum atomic E-state index is 4.55. The molecule has 1 fully saturated rings. The first-order chi connectivity index (χ1) is 8.24. The highest BCUT2D eigenvalue weighted by Crippen LogP contribution is 2.22. The quantitative estimate of drug-likeness (QED) is 0.799. The Bertz CT molecular complexity index is 347. The Kier molecular flexibility index (Phi) is 3.82. The summed E-state index contributed by atoms with van der Waals surface area (Å²) in [6.07, 6.45) is 2.56. The Morgan fingerprint density at radius 1 is 1.18 bits per heavy atom. The lowest BCUT2D eigenvalue weighted by Gasteiger charge is -2.23. The van der Waals surface area contributed by atoms with Crippen LogP contribution in [0.2, 0.25) is 0 Å². The van der Waals surface area contributed by atoms with E-state index in [0.717, 1.165) is 43.6 Å². The summed E-state index contributed by atoms with van der Waals surface area (Å²) in [7, 11) is 0. The minimum absolute atomic E-state index is 0.872. The predicted molar refractivity (Wildman–Crippen MR) is 71.8 cm³/mol. The molecule has 4 heteroatoms. The molecule has 1 aromatic heterocycles. The van der Waals surface area contributed by atoms with Gasteiger partial charge in [-0.25, -0.2) is 9.97 Å². The number of hydrogen-bond acceptors (Lipinski definition) is 4. The second-order valence-electron chi connectivity index (χ2n) is 4.50. The smallest absolute Gasteiger partial charge is 0.134 e. The third-order valence-electron chi connectivity index (χ3n) is 3.33. The van der Waals surface area contributed by atoms with Crippen molar-refractivity contribution in [1.82, 2.24) is 9.97 Å². The number of aryl methyl sites for hydroxylation is 1. The zero-order valence-corrected chi connectivity index (χ0v) is 11.1. The molecule has 1 aliphatic heterocycles. The third-order valence-corrected chi connectivity index (χ3v) is 3.33. The number of anilines is 2. The molecule has 0 amide bonds. The Morgan fingerprint density at radius 2 is 1.82 bits per heavy atom. The minimum atomic E-state index is 0.872. The highest BCUT2D eigenvalue weighted by molar-refractivity contribution is 5.51. The second kappa shape index (κ2) is 5.34. The van der Waals surface area contributed by atoms with Gasteiger partial charge in [0.2, 0.25) is 0 Å². The van der Waals surface area contributed by atoms with Gasteiger partial charge in [0, 0.05) is 32.2 Å². The van der Waals surface area contributed by atoms with E-state index in [-0.39, 0.29) is 0 Å². The number of hydrogen-bond donors (Lipinski definition) is 0. The van der Waals surface area contributed by atoms with Crippen molar-refractivity contribution in [3.8, 4) is 0 Å². The average Bonchev–Trinajstić information content (AvgIpc) is 2.83. The monoisotopic (exact) mass is 234 g/mol. The van der Waals surface area contributed by atoms with Crippen molar-refractivity contribution in [3.63, 3.8) is 0 Å². The Hall–Kier alpha value is -1.32. The zero-order valence-electron chi connectivity index (χ0n) is 11.1. The van der Waals surface area contributed by atoms with Crippen LogP contribution in [0.15, 0.2) is 6.07 Å². The molecule has 0 bridgehead atoms. The highest BCUT2D eigenvalue weighted by atomic mass is 15.2. The van der Waals surface area contributed by atoms with Gasteiger partial charge in [-0.2, -0.15) is 0 Å². The maximum absolute atomic E-state index is 4.55. The summed E-state index contributed by atoms with van der Waals surface area (Å²) in [5.74, 6) is 3.03. The number of aromatic nitrogens is 2. The van der Waals surface area contributed by atoms with Gasteiger partial charge in [0.1, 0.15) is 17.5 Å². The van der Waals surface area contributed by atoms with E-state index in [4.69, 9.17) is 0 Å². The summed E-state index contributed by atoms with van der Waals surface area (Å²) in [4.78, 5) is 13.7. The molecule has 1 saturated heterocycles. The summed E-state index contributed by atoms with van der Waals surface area (Å²) >= 11 is 0. The summed E-state index contributed by atoms with van der Waals surface area (Å²) in [5.41, 5.74) is 0. The van der Waals surface area contributed by atoms with Gasteiger partial charge in [-0.05, 0) is 33.6 Å². The van der Waals surface area contributed by atoms with Gasteiger partial charge in [-0.1, -0.05) is 0 Å². The fourth-order valence-electron chi connectivity index (χ4n) is 2.35. The van der Waals surface area contributed by atoms with Gasteiger partial charge in [-0.15, -0.1) is 0 Å². The van der Waals surface area contributed by atoms with Gasteiger partial charge in [0.05, 0.1) is 0 Å². The van der Waals surface area contributed by atoms with Crippen LogP contribution in [0.3, 0.4) is 0 Å². The standard InChI is InChI=1S/C13H22N4/c1-4-16(5-2)12-10-13(15-11(3)14-12)17-8-6-7-9-17/h10H,4-9H2,1-3H3. The van der Waals surface area contributed by atoms with Crippen LogP contribution in [-0.2, 0) is 0 Å². The van der Waals surface area contributed by atoms with E-state index in [1.54, 1.807) is 0 Å². The van der Waals surface area contributed by atoms with Crippen molar-refractivity contribution >= 4 is 11.6 Å². The number of nitrogens with zero attached hydrogens (tertiary/aromatic N) is 4. The molecule has 0 radical (unpaired) electrons. The average molecular weight is 234 g/mol. The first-order valence-electron chi connectivity index (χ1n) is 6.60. The molecule has 0 atom stereocenters. The van der Waals surface area contributed by atoms with E-state index >= 15 is 0 Å². The van der Waals surface area contributed by atoms with Crippen LogP contribution >= 0.6 is 0 Å². The van der Waals surface area contributed by atoms with E-state index in [1.165, 1.54) is 12.8 Å². The predicted octanol–water partition coefficient (Wildman–Crippen LogP) is 2.23. The van der Waals surface area contributed by atoms with Gasteiger partial charge in [0.15, 0.2) is 0 Å². The van der Waals surface area contributed by atoms with Gasteiger partial charge in [0.25, 0.3) is 0 Å². The van der Waals surface area contributed by atoms with Crippen molar-refractivity contribution < 1.29 is 0 Å². The topological polar surface area (TPSA) is 32.3 Å². The first-order valence-corrected chi connectivity index (χ1v) is 6.60. The molecule has 1 aromatic rings. The second-order valence-corrected chi connectivity index (χ2v) is 4.50. The van der Waals surface area contributed by atoms with Gasteiger partial charge < -0.3 is 9.80 Å². The molecule has 0 unspecified atom stereocenters. The van der Waals surface area contributed by atoms with E-state index in [1.807, 2.05) is 6.92 Å².